The predicted octanol–water partition coefficient (Wildman–Crippen LogP) is 2.13. The number of primary amides is 1. The van der Waals surface area contributed by atoms with Crippen LogP contribution in [0.4, 0.5) is 0 Å². The molecule has 5 nitrogen and oxygen atoms in total. The van der Waals surface area contributed by atoms with Gasteiger partial charge in [0.05, 0.1) is 5.69 Å². The van der Waals surface area contributed by atoms with Gasteiger partial charge in [0.15, 0.2) is 0 Å². The van der Waals surface area contributed by atoms with E-state index in [1.165, 1.54) is 5.69 Å². The third kappa shape index (κ3) is 2.88. The van der Waals surface area contributed by atoms with Crippen molar-refractivity contribution in [2.45, 2.75) is 38.8 Å². The Balaban J connectivity index is 1.91. The predicted molar refractivity (Wildman–Crippen MR) is 89.8 cm³/mol. The number of rotatable bonds is 4. The lowest BCUT2D eigenvalue weighted by atomic mass is 10.0. The smallest absolute Gasteiger partial charge is 0.239 e. The second-order valence-corrected chi connectivity index (χ2v) is 6.51. The molecule has 1 aliphatic heterocycles. The molecular formula is C18H24N4O. The molecule has 3 rings (SSSR count). The van der Waals surface area contributed by atoms with Crippen LogP contribution in [0.25, 0.3) is 0 Å². The standard InChI is InChI=1S/C18H24N4O/c1-12(2)18-20-14-11-22(10-9-15(14)21(18)3)16(17(19)23)13-7-5-4-6-8-13/h4-8,12,16H,9-11H2,1-3H3,(H2,19,23)/t16-/m1/s1. The molecular weight excluding hydrogens is 288 g/mol. The van der Waals surface area contributed by atoms with Gasteiger partial charge < -0.3 is 10.3 Å². The molecule has 0 saturated heterocycles. The van der Waals surface area contributed by atoms with Gasteiger partial charge in [0.2, 0.25) is 5.91 Å². The number of hydrogen-bond acceptors (Lipinski definition) is 3. The Morgan fingerprint density at radius 2 is 1.96 bits per heavy atom. The highest BCUT2D eigenvalue weighted by atomic mass is 16.1. The summed E-state index contributed by atoms with van der Waals surface area (Å²) in [5.41, 5.74) is 9.00. The zero-order chi connectivity index (χ0) is 16.6. The van der Waals surface area contributed by atoms with Gasteiger partial charge >= 0.3 is 0 Å². The Morgan fingerprint density at radius 3 is 2.57 bits per heavy atom. The molecule has 0 fully saturated rings. The van der Waals surface area contributed by atoms with Crippen LogP contribution in [-0.4, -0.2) is 26.9 Å². The maximum atomic E-state index is 12.0. The van der Waals surface area contributed by atoms with Gasteiger partial charge in [-0.25, -0.2) is 4.98 Å². The molecule has 1 aromatic heterocycles. The van der Waals surface area contributed by atoms with Gasteiger partial charge in [-0.1, -0.05) is 44.2 Å². The van der Waals surface area contributed by atoms with Gasteiger partial charge in [-0.05, 0) is 5.56 Å². The molecule has 0 saturated carbocycles. The van der Waals surface area contributed by atoms with Crippen molar-refractivity contribution in [3.63, 3.8) is 0 Å². The van der Waals surface area contributed by atoms with E-state index in [1.54, 1.807) is 0 Å². The van der Waals surface area contributed by atoms with E-state index in [0.29, 0.717) is 12.5 Å². The van der Waals surface area contributed by atoms with E-state index in [-0.39, 0.29) is 5.91 Å². The van der Waals surface area contributed by atoms with E-state index in [9.17, 15) is 4.79 Å². The van der Waals surface area contributed by atoms with Gasteiger partial charge in [0.1, 0.15) is 11.9 Å². The number of carbonyl (C=O) groups is 1. The molecule has 23 heavy (non-hydrogen) atoms. The third-order valence-electron chi connectivity index (χ3n) is 4.59. The molecule has 1 aliphatic rings. The van der Waals surface area contributed by atoms with Crippen LogP contribution in [-0.2, 0) is 24.8 Å². The first-order valence-corrected chi connectivity index (χ1v) is 8.11. The lowest BCUT2D eigenvalue weighted by Gasteiger charge is -2.32. The number of aromatic nitrogens is 2. The topological polar surface area (TPSA) is 64.2 Å². The van der Waals surface area contributed by atoms with E-state index in [2.05, 4.69) is 30.4 Å². The largest absolute Gasteiger partial charge is 0.368 e. The minimum absolute atomic E-state index is 0.306. The Morgan fingerprint density at radius 1 is 1.26 bits per heavy atom. The highest BCUT2D eigenvalue weighted by Gasteiger charge is 2.31. The van der Waals surface area contributed by atoms with Crippen molar-refractivity contribution in [1.82, 2.24) is 14.5 Å². The van der Waals surface area contributed by atoms with Crippen LogP contribution < -0.4 is 5.73 Å². The summed E-state index contributed by atoms with van der Waals surface area (Å²) in [6, 6.07) is 9.36. The molecule has 0 spiro atoms. The van der Waals surface area contributed by atoms with Crippen LogP contribution in [0, 0.1) is 0 Å². The fourth-order valence-corrected chi connectivity index (χ4v) is 3.50. The van der Waals surface area contributed by atoms with Crippen LogP contribution in [0.2, 0.25) is 0 Å². The van der Waals surface area contributed by atoms with Crippen LogP contribution >= 0.6 is 0 Å². The maximum absolute atomic E-state index is 12.0. The first-order valence-electron chi connectivity index (χ1n) is 8.11. The number of nitrogens with zero attached hydrogens (tertiary/aromatic N) is 3. The second kappa shape index (κ2) is 6.16. The van der Waals surface area contributed by atoms with Crippen LogP contribution in [0.1, 0.15) is 48.6 Å². The fraction of sp³-hybridized carbons (Fsp3) is 0.444. The first kappa shape index (κ1) is 15.7. The third-order valence-corrected chi connectivity index (χ3v) is 4.59. The van der Waals surface area contributed by atoms with Gasteiger partial charge in [0.25, 0.3) is 0 Å². The zero-order valence-corrected chi connectivity index (χ0v) is 14.0. The molecule has 0 radical (unpaired) electrons. The van der Waals surface area contributed by atoms with Crippen molar-refractivity contribution in [2.75, 3.05) is 6.54 Å². The Hall–Kier alpha value is -2.14. The Kier molecular flexibility index (Phi) is 4.22. The molecule has 2 N–H and O–H groups in total. The van der Waals surface area contributed by atoms with Crippen molar-refractivity contribution in [2.24, 2.45) is 12.8 Å². The summed E-state index contributed by atoms with van der Waals surface area (Å²) in [5.74, 6) is 1.19. The molecule has 5 heteroatoms. The second-order valence-electron chi connectivity index (χ2n) is 6.51. The molecule has 0 unspecified atom stereocenters. The highest BCUT2D eigenvalue weighted by molar-refractivity contribution is 5.81. The summed E-state index contributed by atoms with van der Waals surface area (Å²) < 4.78 is 2.21. The van der Waals surface area contributed by atoms with Crippen LogP contribution in [0.5, 0.6) is 0 Å². The average molecular weight is 312 g/mol. The maximum Gasteiger partial charge on any atom is 0.239 e. The summed E-state index contributed by atoms with van der Waals surface area (Å²) >= 11 is 0. The molecule has 122 valence electrons. The molecule has 0 aliphatic carbocycles. The highest BCUT2D eigenvalue weighted by Crippen LogP contribution is 2.29. The van der Waals surface area contributed by atoms with E-state index >= 15 is 0 Å². The van der Waals surface area contributed by atoms with Gasteiger partial charge in [-0.2, -0.15) is 0 Å². The van der Waals surface area contributed by atoms with E-state index in [0.717, 1.165) is 30.0 Å². The normalized spacial score (nSPS) is 16.3. The number of fused-ring (bicyclic) bond motifs is 1. The number of hydrogen-bond donors (Lipinski definition) is 1. The molecule has 2 heterocycles. The van der Waals surface area contributed by atoms with Crippen LogP contribution in [0.15, 0.2) is 30.3 Å². The minimum atomic E-state index is -0.395. The summed E-state index contributed by atoms with van der Waals surface area (Å²) in [7, 11) is 2.08. The average Bonchev–Trinajstić information content (AvgIpc) is 2.85. The van der Waals surface area contributed by atoms with Crippen molar-refractivity contribution >= 4 is 5.91 Å². The molecule has 2 aromatic rings. The number of amides is 1. The lowest BCUT2D eigenvalue weighted by molar-refractivity contribution is -0.123. The van der Waals surface area contributed by atoms with E-state index in [1.807, 2.05) is 30.3 Å². The van der Waals surface area contributed by atoms with Gasteiger partial charge in [0, 0.05) is 38.2 Å². The summed E-state index contributed by atoms with van der Waals surface area (Å²) in [5, 5.41) is 0. The van der Waals surface area contributed by atoms with Crippen molar-refractivity contribution in [1.29, 1.82) is 0 Å². The Bertz CT molecular complexity index is 705. The van der Waals surface area contributed by atoms with E-state index < -0.39 is 6.04 Å². The number of nitrogens with two attached hydrogens (primary N) is 1. The Labute approximate surface area is 137 Å². The first-order chi connectivity index (χ1) is 11.0. The van der Waals surface area contributed by atoms with Crippen molar-refractivity contribution < 1.29 is 4.79 Å². The van der Waals surface area contributed by atoms with Crippen molar-refractivity contribution in [3.8, 4) is 0 Å². The number of imidazole rings is 1. The minimum Gasteiger partial charge on any atom is -0.368 e. The van der Waals surface area contributed by atoms with Crippen LogP contribution in [0.3, 0.4) is 0 Å². The van der Waals surface area contributed by atoms with E-state index in [4.69, 9.17) is 10.7 Å². The molecule has 0 bridgehead atoms. The summed E-state index contributed by atoms with van der Waals surface area (Å²) in [4.78, 5) is 19.0. The van der Waals surface area contributed by atoms with Gasteiger partial charge in [-0.15, -0.1) is 0 Å². The SMILES string of the molecule is CC(C)c1nc2c(n1C)CCN([C@@H](C(N)=O)c1ccccc1)C2. The monoisotopic (exact) mass is 312 g/mol. The summed E-state index contributed by atoms with van der Waals surface area (Å²) in [6.45, 7) is 5.79. The summed E-state index contributed by atoms with van der Waals surface area (Å²) in [6.07, 6.45) is 0.891. The fourth-order valence-electron chi connectivity index (χ4n) is 3.50. The molecule has 1 atom stereocenters. The quantitative estimate of drug-likeness (QED) is 0.940. The zero-order valence-electron chi connectivity index (χ0n) is 14.0. The lowest BCUT2D eigenvalue weighted by Crippen LogP contribution is -2.41. The number of benzene rings is 1. The van der Waals surface area contributed by atoms with Gasteiger partial charge in [-0.3, -0.25) is 9.69 Å². The molecule has 1 aromatic carbocycles. The molecule has 1 amide bonds. The van der Waals surface area contributed by atoms with Crippen molar-refractivity contribution in [3.05, 3.63) is 53.1 Å². The number of carbonyl (C=O) groups excluding carboxylic acids is 1.